The zero-order valence-electron chi connectivity index (χ0n) is 14.1. The van der Waals surface area contributed by atoms with Crippen molar-refractivity contribution in [2.45, 2.75) is 20.8 Å². The van der Waals surface area contributed by atoms with E-state index in [1.165, 1.54) is 18.9 Å². The number of nitrogens with zero attached hydrogens (tertiary/aromatic N) is 1. The first-order valence-electron chi connectivity index (χ1n) is 7.39. The summed E-state index contributed by atoms with van der Waals surface area (Å²) in [7, 11) is 1.19. The molecular formula is C15H25NO7. The largest absolute Gasteiger partial charge is 0.466 e. The molecule has 0 aliphatic heterocycles. The highest BCUT2D eigenvalue weighted by Crippen LogP contribution is 2.02. The average Bonchev–Trinajstić information content (AvgIpc) is 2.53. The number of methoxy groups -OCH3 is 1. The Morgan fingerprint density at radius 1 is 1.00 bits per heavy atom. The molecule has 8 nitrogen and oxygen atoms in total. The van der Waals surface area contributed by atoms with Crippen molar-refractivity contribution in [3.63, 3.8) is 0 Å². The van der Waals surface area contributed by atoms with Crippen LogP contribution in [-0.4, -0.2) is 69.6 Å². The van der Waals surface area contributed by atoms with E-state index in [4.69, 9.17) is 14.2 Å². The summed E-state index contributed by atoms with van der Waals surface area (Å²) in [4.78, 5) is 36.2. The fourth-order valence-electron chi connectivity index (χ4n) is 1.45. The number of carbonyl (C=O) groups is 3. The summed E-state index contributed by atoms with van der Waals surface area (Å²) >= 11 is 0. The van der Waals surface area contributed by atoms with E-state index in [-0.39, 0.29) is 18.7 Å². The second-order valence-corrected chi connectivity index (χ2v) is 4.39. The summed E-state index contributed by atoms with van der Waals surface area (Å²) in [5.41, 5.74) is -0.0280. The maximum Gasteiger partial charge on any atom is 0.417 e. The number of rotatable bonds is 10. The smallest absolute Gasteiger partial charge is 0.417 e. The van der Waals surface area contributed by atoms with E-state index in [0.29, 0.717) is 26.4 Å². The van der Waals surface area contributed by atoms with Gasteiger partial charge in [-0.2, -0.15) is 0 Å². The van der Waals surface area contributed by atoms with Crippen molar-refractivity contribution >= 4 is 18.0 Å². The fourth-order valence-corrected chi connectivity index (χ4v) is 1.45. The molecule has 0 radical (unpaired) electrons. The van der Waals surface area contributed by atoms with Crippen LogP contribution in [0.1, 0.15) is 20.8 Å². The molecule has 0 aliphatic carbocycles. The molecule has 0 N–H and O–H groups in total. The maximum atomic E-state index is 12.0. The van der Waals surface area contributed by atoms with E-state index in [1.807, 2.05) is 13.8 Å². The molecule has 0 saturated carbocycles. The predicted molar refractivity (Wildman–Crippen MR) is 81.8 cm³/mol. The highest BCUT2D eigenvalue weighted by atomic mass is 16.6. The van der Waals surface area contributed by atoms with Crippen LogP contribution in [0.3, 0.4) is 0 Å². The van der Waals surface area contributed by atoms with Gasteiger partial charge in [0.05, 0.1) is 20.3 Å². The summed E-state index contributed by atoms with van der Waals surface area (Å²) in [5, 5.41) is 0. The van der Waals surface area contributed by atoms with Gasteiger partial charge in [0.25, 0.3) is 0 Å². The Kier molecular flexibility index (Phi) is 11.5. The Bertz CT molecular complexity index is 410. The lowest BCUT2D eigenvalue weighted by Gasteiger charge is -2.21. The van der Waals surface area contributed by atoms with Crippen LogP contribution in [0.4, 0.5) is 4.79 Å². The lowest BCUT2D eigenvalue weighted by atomic mass is 10.3. The molecule has 0 saturated heterocycles. The molecule has 0 bridgehead atoms. The van der Waals surface area contributed by atoms with Gasteiger partial charge in [-0.1, -0.05) is 0 Å². The lowest BCUT2D eigenvalue weighted by Crippen LogP contribution is -2.38. The normalized spacial score (nSPS) is 11.0. The summed E-state index contributed by atoms with van der Waals surface area (Å²) in [5.74, 6) is -1.60. The third-order valence-corrected chi connectivity index (χ3v) is 2.72. The SMILES string of the molecule is CCOCCN(CCOCC)C(=O)OC(=O)C(C)=CC(=O)OC. The Labute approximate surface area is 136 Å². The second-order valence-electron chi connectivity index (χ2n) is 4.39. The average molecular weight is 331 g/mol. The highest BCUT2D eigenvalue weighted by molar-refractivity contribution is 5.99. The maximum absolute atomic E-state index is 12.0. The molecule has 23 heavy (non-hydrogen) atoms. The molecule has 132 valence electrons. The van der Waals surface area contributed by atoms with Crippen LogP contribution < -0.4 is 0 Å². The molecule has 0 aromatic rings. The van der Waals surface area contributed by atoms with Crippen molar-refractivity contribution in [3.05, 3.63) is 11.6 Å². The molecule has 0 aromatic carbocycles. The van der Waals surface area contributed by atoms with Gasteiger partial charge in [-0.05, 0) is 20.8 Å². The van der Waals surface area contributed by atoms with Crippen molar-refractivity contribution in [2.24, 2.45) is 0 Å². The Hall–Kier alpha value is -1.93. The zero-order chi connectivity index (χ0) is 17.7. The molecule has 0 heterocycles. The first-order valence-corrected chi connectivity index (χ1v) is 7.39. The summed E-state index contributed by atoms with van der Waals surface area (Å²) in [6.45, 7) is 7.27. The van der Waals surface area contributed by atoms with Gasteiger partial charge in [-0.3, -0.25) is 0 Å². The van der Waals surface area contributed by atoms with Crippen molar-refractivity contribution in [1.82, 2.24) is 4.90 Å². The molecule has 0 unspecified atom stereocenters. The van der Waals surface area contributed by atoms with E-state index in [1.54, 1.807) is 0 Å². The Balaban J connectivity index is 4.63. The third-order valence-electron chi connectivity index (χ3n) is 2.72. The number of carbonyl (C=O) groups excluding carboxylic acids is 3. The number of hydrogen-bond donors (Lipinski definition) is 0. The van der Waals surface area contributed by atoms with E-state index < -0.39 is 18.0 Å². The van der Waals surface area contributed by atoms with E-state index >= 15 is 0 Å². The Morgan fingerprint density at radius 3 is 1.96 bits per heavy atom. The van der Waals surface area contributed by atoms with Crippen molar-refractivity contribution in [2.75, 3.05) is 46.6 Å². The number of ether oxygens (including phenoxy) is 4. The van der Waals surface area contributed by atoms with Gasteiger partial charge in [0.2, 0.25) is 0 Å². The number of esters is 2. The van der Waals surface area contributed by atoms with Gasteiger partial charge in [0.1, 0.15) is 0 Å². The minimum atomic E-state index is -0.904. The van der Waals surface area contributed by atoms with Gasteiger partial charge >= 0.3 is 18.0 Å². The monoisotopic (exact) mass is 331 g/mol. The van der Waals surface area contributed by atoms with Gasteiger partial charge in [-0.15, -0.1) is 0 Å². The summed E-state index contributed by atoms with van der Waals surface area (Å²) in [6.07, 6.45) is 0.146. The predicted octanol–water partition coefficient (Wildman–Crippen LogP) is 1.14. The van der Waals surface area contributed by atoms with E-state index in [9.17, 15) is 14.4 Å². The number of hydrogen-bond acceptors (Lipinski definition) is 7. The van der Waals surface area contributed by atoms with Crippen LogP contribution >= 0.6 is 0 Å². The number of amides is 1. The lowest BCUT2D eigenvalue weighted by molar-refractivity contribution is -0.137. The van der Waals surface area contributed by atoms with Crippen LogP contribution in [0, 0.1) is 0 Å². The summed E-state index contributed by atoms with van der Waals surface area (Å²) < 4.78 is 19.5. The third kappa shape index (κ3) is 9.64. The topological polar surface area (TPSA) is 91.4 Å². The molecule has 0 aliphatic rings. The quantitative estimate of drug-likeness (QED) is 0.256. The van der Waals surface area contributed by atoms with Crippen molar-refractivity contribution < 1.29 is 33.3 Å². The van der Waals surface area contributed by atoms with E-state index in [0.717, 1.165) is 6.08 Å². The van der Waals surface area contributed by atoms with Gasteiger partial charge in [0.15, 0.2) is 0 Å². The first kappa shape index (κ1) is 21.1. The highest BCUT2D eigenvalue weighted by Gasteiger charge is 2.20. The fraction of sp³-hybridized carbons (Fsp3) is 0.667. The summed E-state index contributed by atoms with van der Waals surface area (Å²) in [6, 6.07) is 0. The van der Waals surface area contributed by atoms with Crippen LogP contribution in [0.25, 0.3) is 0 Å². The minimum absolute atomic E-state index is 0.0280. The van der Waals surface area contributed by atoms with E-state index in [2.05, 4.69) is 4.74 Å². The molecule has 1 amide bonds. The zero-order valence-corrected chi connectivity index (χ0v) is 14.1. The standard InChI is InChI=1S/C15H25NO7/c1-5-21-9-7-16(8-10-22-6-2)15(19)23-14(18)12(3)11-13(17)20-4/h11H,5-10H2,1-4H3. The molecule has 0 fully saturated rings. The molecular weight excluding hydrogens is 306 g/mol. The van der Waals surface area contributed by atoms with Gasteiger partial charge in [0, 0.05) is 38.0 Å². The van der Waals surface area contributed by atoms with Crippen LogP contribution in [0.2, 0.25) is 0 Å². The second kappa shape index (κ2) is 12.6. The molecule has 0 spiro atoms. The van der Waals surface area contributed by atoms with Gasteiger partial charge in [-0.25, -0.2) is 14.4 Å². The minimum Gasteiger partial charge on any atom is -0.466 e. The molecule has 0 aromatic heterocycles. The first-order chi connectivity index (χ1) is 11.0. The van der Waals surface area contributed by atoms with Crippen molar-refractivity contribution in [3.8, 4) is 0 Å². The molecule has 0 atom stereocenters. The molecule has 0 rings (SSSR count). The van der Waals surface area contributed by atoms with Gasteiger partial charge < -0.3 is 23.8 Å². The van der Waals surface area contributed by atoms with Crippen LogP contribution in [0.15, 0.2) is 11.6 Å². The van der Waals surface area contributed by atoms with Crippen molar-refractivity contribution in [1.29, 1.82) is 0 Å². The van der Waals surface area contributed by atoms with Crippen LogP contribution in [-0.2, 0) is 28.5 Å². The molecule has 8 heteroatoms. The van der Waals surface area contributed by atoms with Crippen LogP contribution in [0.5, 0.6) is 0 Å². The Morgan fingerprint density at radius 2 is 1.52 bits per heavy atom.